The fraction of sp³-hybridized carbons (Fsp3) is 0.600. The van der Waals surface area contributed by atoms with Crippen LogP contribution in [0.25, 0.3) is 0 Å². The first-order valence-electron chi connectivity index (χ1n) is 7.41. The molecule has 21 heavy (non-hydrogen) atoms. The number of para-hydroxylation sites is 2. The number of anilines is 1. The maximum Gasteiger partial charge on any atom is 0.292 e. The maximum atomic E-state index is 10.9. The molecule has 1 aromatic rings. The van der Waals surface area contributed by atoms with Crippen LogP contribution in [0, 0.1) is 10.1 Å². The van der Waals surface area contributed by atoms with E-state index < -0.39 is 0 Å². The van der Waals surface area contributed by atoms with E-state index in [1.807, 2.05) is 0 Å². The van der Waals surface area contributed by atoms with E-state index in [0.29, 0.717) is 5.69 Å². The number of nitrogens with one attached hydrogen (secondary N) is 1. The smallest absolute Gasteiger partial charge is 0.292 e. The van der Waals surface area contributed by atoms with Gasteiger partial charge < -0.3 is 10.1 Å². The summed E-state index contributed by atoms with van der Waals surface area (Å²) >= 11 is 0. The zero-order chi connectivity index (χ0) is 15.2. The highest BCUT2D eigenvalue weighted by atomic mass is 16.6. The zero-order valence-electron chi connectivity index (χ0n) is 12.6. The zero-order valence-corrected chi connectivity index (χ0v) is 12.6. The Bertz CT molecular complexity index is 471. The molecule has 0 aromatic heterocycles. The highest BCUT2D eigenvalue weighted by Crippen LogP contribution is 2.22. The molecule has 1 aliphatic rings. The third-order valence-electron chi connectivity index (χ3n) is 3.56. The number of nitro benzene ring substituents is 1. The highest BCUT2D eigenvalue weighted by molar-refractivity contribution is 5.60. The molecule has 1 aliphatic heterocycles. The number of morpholine rings is 1. The summed E-state index contributed by atoms with van der Waals surface area (Å²) < 4.78 is 5.70. The van der Waals surface area contributed by atoms with Gasteiger partial charge in [-0.05, 0) is 26.3 Å². The molecule has 0 amide bonds. The van der Waals surface area contributed by atoms with E-state index in [1.165, 1.54) is 6.07 Å². The molecule has 1 aromatic carbocycles. The van der Waals surface area contributed by atoms with Crippen LogP contribution in [0.5, 0.6) is 0 Å². The van der Waals surface area contributed by atoms with Crippen molar-refractivity contribution in [3.63, 3.8) is 0 Å². The van der Waals surface area contributed by atoms with Crippen LogP contribution < -0.4 is 5.32 Å². The van der Waals surface area contributed by atoms with Crippen molar-refractivity contribution in [2.24, 2.45) is 0 Å². The molecule has 2 rings (SSSR count). The van der Waals surface area contributed by atoms with Crippen molar-refractivity contribution in [3.8, 4) is 0 Å². The number of benzene rings is 1. The van der Waals surface area contributed by atoms with E-state index in [0.717, 1.165) is 32.6 Å². The van der Waals surface area contributed by atoms with Crippen LogP contribution >= 0.6 is 0 Å². The molecule has 6 heteroatoms. The molecule has 116 valence electrons. The Balaban J connectivity index is 1.76. The first-order valence-corrected chi connectivity index (χ1v) is 7.41. The monoisotopic (exact) mass is 293 g/mol. The minimum absolute atomic E-state index is 0.131. The minimum atomic E-state index is -0.354. The average Bonchev–Trinajstić information content (AvgIpc) is 2.43. The Labute approximate surface area is 125 Å². The molecule has 0 radical (unpaired) electrons. The number of ether oxygens (including phenoxy) is 1. The fourth-order valence-electron chi connectivity index (χ4n) is 2.78. The van der Waals surface area contributed by atoms with E-state index in [-0.39, 0.29) is 22.8 Å². The predicted octanol–water partition coefficient (Wildman–Crippen LogP) is 2.51. The Morgan fingerprint density at radius 1 is 1.33 bits per heavy atom. The van der Waals surface area contributed by atoms with Gasteiger partial charge in [0, 0.05) is 32.2 Å². The highest BCUT2D eigenvalue weighted by Gasteiger charge is 2.21. The predicted molar refractivity (Wildman–Crippen MR) is 82.7 cm³/mol. The number of nitrogens with zero attached hydrogens (tertiary/aromatic N) is 2. The largest absolute Gasteiger partial charge is 0.379 e. The van der Waals surface area contributed by atoms with Gasteiger partial charge in [0.1, 0.15) is 5.69 Å². The molecule has 1 saturated heterocycles. The van der Waals surface area contributed by atoms with E-state index in [2.05, 4.69) is 24.1 Å². The molecule has 0 spiro atoms. The van der Waals surface area contributed by atoms with Crippen LogP contribution in [0.1, 0.15) is 20.3 Å². The van der Waals surface area contributed by atoms with E-state index in [4.69, 9.17) is 4.74 Å². The van der Waals surface area contributed by atoms with Crippen LogP contribution in [-0.2, 0) is 4.74 Å². The lowest BCUT2D eigenvalue weighted by Gasteiger charge is -2.35. The van der Waals surface area contributed by atoms with Gasteiger partial charge >= 0.3 is 0 Å². The van der Waals surface area contributed by atoms with E-state index in [9.17, 15) is 10.1 Å². The molecule has 2 atom stereocenters. The summed E-state index contributed by atoms with van der Waals surface area (Å²) in [4.78, 5) is 13.0. The lowest BCUT2D eigenvalue weighted by molar-refractivity contribution is -0.384. The normalized spacial score (nSPS) is 23.0. The summed E-state index contributed by atoms with van der Waals surface area (Å²) in [6.07, 6.45) is 1.50. The Morgan fingerprint density at radius 3 is 2.67 bits per heavy atom. The summed E-state index contributed by atoms with van der Waals surface area (Å²) in [5.41, 5.74) is 0.720. The number of nitro groups is 1. The molecule has 0 bridgehead atoms. The third kappa shape index (κ3) is 4.68. The third-order valence-corrected chi connectivity index (χ3v) is 3.56. The average molecular weight is 293 g/mol. The van der Waals surface area contributed by atoms with E-state index in [1.54, 1.807) is 18.2 Å². The molecule has 1 fully saturated rings. The standard InChI is InChI=1S/C15H23N3O3/c1-12-10-17(11-13(2)21-12)9-5-8-16-14-6-3-4-7-15(14)18(19)20/h3-4,6-7,12-13,16H,5,8-11H2,1-2H3. The SMILES string of the molecule is CC1CN(CCCNc2ccccc2[N+](=O)[O-])CC(C)O1. The van der Waals surface area contributed by atoms with E-state index >= 15 is 0 Å². The van der Waals surface area contributed by atoms with Gasteiger partial charge in [-0.2, -0.15) is 0 Å². The van der Waals surface area contributed by atoms with Crippen LogP contribution in [0.3, 0.4) is 0 Å². The van der Waals surface area contributed by atoms with Crippen LogP contribution in [0.15, 0.2) is 24.3 Å². The Hall–Kier alpha value is -1.66. The molecular weight excluding hydrogens is 270 g/mol. The summed E-state index contributed by atoms with van der Waals surface area (Å²) in [7, 11) is 0. The second-order valence-electron chi connectivity index (χ2n) is 5.57. The minimum Gasteiger partial charge on any atom is -0.379 e. The van der Waals surface area contributed by atoms with Crippen molar-refractivity contribution < 1.29 is 9.66 Å². The second kappa shape index (κ2) is 7.38. The number of rotatable bonds is 6. The molecule has 2 unspecified atom stereocenters. The molecule has 0 aliphatic carbocycles. The summed E-state index contributed by atoms with van der Waals surface area (Å²) in [6, 6.07) is 6.76. The topological polar surface area (TPSA) is 67.6 Å². The van der Waals surface area contributed by atoms with Gasteiger partial charge in [-0.25, -0.2) is 0 Å². The van der Waals surface area contributed by atoms with Crippen molar-refractivity contribution in [3.05, 3.63) is 34.4 Å². The number of hydrogen-bond acceptors (Lipinski definition) is 5. The molecule has 6 nitrogen and oxygen atoms in total. The quantitative estimate of drug-likeness (QED) is 0.496. The van der Waals surface area contributed by atoms with Crippen LogP contribution in [0.4, 0.5) is 11.4 Å². The summed E-state index contributed by atoms with van der Waals surface area (Å²) in [5.74, 6) is 0. The lowest BCUT2D eigenvalue weighted by atomic mass is 10.2. The summed E-state index contributed by atoms with van der Waals surface area (Å²) in [6.45, 7) is 7.80. The van der Waals surface area contributed by atoms with Crippen LogP contribution in [-0.4, -0.2) is 48.2 Å². The Kier molecular flexibility index (Phi) is 5.52. The van der Waals surface area contributed by atoms with Crippen LogP contribution in [0.2, 0.25) is 0 Å². The van der Waals surface area contributed by atoms with Crippen molar-refractivity contribution in [2.75, 3.05) is 31.5 Å². The Morgan fingerprint density at radius 2 is 2.00 bits per heavy atom. The fourth-order valence-corrected chi connectivity index (χ4v) is 2.78. The van der Waals surface area contributed by atoms with Crippen molar-refractivity contribution in [2.45, 2.75) is 32.5 Å². The lowest BCUT2D eigenvalue weighted by Crippen LogP contribution is -2.45. The molecule has 1 N–H and O–H groups in total. The van der Waals surface area contributed by atoms with Crippen molar-refractivity contribution in [1.29, 1.82) is 0 Å². The summed E-state index contributed by atoms with van der Waals surface area (Å²) in [5, 5.41) is 14.1. The second-order valence-corrected chi connectivity index (χ2v) is 5.57. The van der Waals surface area contributed by atoms with Crippen molar-refractivity contribution >= 4 is 11.4 Å². The van der Waals surface area contributed by atoms with Crippen molar-refractivity contribution in [1.82, 2.24) is 4.90 Å². The first-order chi connectivity index (χ1) is 10.1. The molecule has 0 saturated carbocycles. The molecular formula is C15H23N3O3. The first kappa shape index (κ1) is 15.7. The molecule has 1 heterocycles. The number of hydrogen-bond donors (Lipinski definition) is 1. The van der Waals surface area contributed by atoms with Gasteiger partial charge in [-0.3, -0.25) is 15.0 Å². The van der Waals surface area contributed by atoms with Gasteiger partial charge in [-0.15, -0.1) is 0 Å². The van der Waals surface area contributed by atoms with Gasteiger partial charge in [0.05, 0.1) is 17.1 Å². The maximum absolute atomic E-state index is 10.9. The van der Waals surface area contributed by atoms with Gasteiger partial charge in [-0.1, -0.05) is 12.1 Å². The van der Waals surface area contributed by atoms with Gasteiger partial charge in [0.2, 0.25) is 0 Å². The van der Waals surface area contributed by atoms with Gasteiger partial charge in [0.25, 0.3) is 5.69 Å². The van der Waals surface area contributed by atoms with Gasteiger partial charge in [0.15, 0.2) is 0 Å².